The highest BCUT2D eigenvalue weighted by molar-refractivity contribution is 5.72. The van der Waals surface area contributed by atoms with Crippen molar-refractivity contribution in [3.8, 4) is 0 Å². The van der Waals surface area contributed by atoms with Crippen molar-refractivity contribution in [2.75, 3.05) is 7.11 Å². The maximum atomic E-state index is 9.81. The highest BCUT2D eigenvalue weighted by Crippen LogP contribution is 1.82. The van der Waals surface area contributed by atoms with Crippen LogP contribution >= 0.6 is 0 Å². The van der Waals surface area contributed by atoms with Gasteiger partial charge in [0.1, 0.15) is 6.04 Å². The number of rotatable bonds is 2. The van der Waals surface area contributed by atoms with Gasteiger partial charge in [0, 0.05) is 7.11 Å². The number of nitrogens with two attached hydrogens (primary N) is 1. The highest BCUT2D eigenvalue weighted by Gasteiger charge is 2.05. The van der Waals surface area contributed by atoms with E-state index < -0.39 is 12.0 Å². The largest absolute Gasteiger partial charge is 0.480 e. The molecule has 4 heteroatoms. The Kier molecular flexibility index (Phi) is 9.21. The fraction of sp³-hybridized carbons (Fsp3) is 0.800. The SMILES string of the molecule is CCC(N)C(=O)O.CO. The van der Waals surface area contributed by atoms with E-state index >= 15 is 0 Å². The summed E-state index contributed by atoms with van der Waals surface area (Å²) < 4.78 is 0. The molecular weight excluding hydrogens is 122 g/mol. The number of hydrogen-bond acceptors (Lipinski definition) is 3. The van der Waals surface area contributed by atoms with Gasteiger partial charge in [-0.2, -0.15) is 0 Å². The van der Waals surface area contributed by atoms with Gasteiger partial charge in [-0.05, 0) is 6.42 Å². The molecule has 1 atom stereocenters. The Bertz CT molecular complexity index is 74.6. The number of aliphatic hydroxyl groups is 1. The summed E-state index contributed by atoms with van der Waals surface area (Å²) in [5, 5.41) is 15.1. The first-order valence-corrected chi connectivity index (χ1v) is 2.61. The smallest absolute Gasteiger partial charge is 0.320 e. The van der Waals surface area contributed by atoms with Crippen LogP contribution in [0.5, 0.6) is 0 Å². The van der Waals surface area contributed by atoms with Gasteiger partial charge in [-0.15, -0.1) is 0 Å². The summed E-state index contributed by atoms with van der Waals surface area (Å²) in [4.78, 5) is 9.81. The molecule has 1 unspecified atom stereocenters. The molecule has 0 amide bonds. The lowest BCUT2D eigenvalue weighted by Gasteiger charge is -1.97. The predicted molar refractivity (Wildman–Crippen MR) is 34.0 cm³/mol. The zero-order valence-corrected chi connectivity index (χ0v) is 5.66. The van der Waals surface area contributed by atoms with Crippen molar-refractivity contribution in [1.29, 1.82) is 0 Å². The van der Waals surface area contributed by atoms with Crippen LogP contribution in [0.2, 0.25) is 0 Å². The normalized spacial score (nSPS) is 11.1. The third kappa shape index (κ3) is 7.39. The van der Waals surface area contributed by atoms with E-state index in [0.29, 0.717) is 6.42 Å². The third-order valence-electron chi connectivity index (χ3n) is 0.757. The van der Waals surface area contributed by atoms with E-state index in [2.05, 4.69) is 0 Å². The van der Waals surface area contributed by atoms with Crippen molar-refractivity contribution in [3.63, 3.8) is 0 Å². The number of aliphatic carboxylic acids is 1. The molecule has 0 heterocycles. The zero-order chi connectivity index (χ0) is 7.86. The summed E-state index contributed by atoms with van der Waals surface area (Å²) in [7, 11) is 1.00. The van der Waals surface area contributed by atoms with Crippen LogP contribution in [0.15, 0.2) is 0 Å². The molecule has 0 aliphatic heterocycles. The third-order valence-corrected chi connectivity index (χ3v) is 0.757. The van der Waals surface area contributed by atoms with Crippen LogP contribution in [0.1, 0.15) is 13.3 Å². The van der Waals surface area contributed by atoms with Crippen LogP contribution in [-0.2, 0) is 4.79 Å². The monoisotopic (exact) mass is 135 g/mol. The van der Waals surface area contributed by atoms with Gasteiger partial charge in [0.2, 0.25) is 0 Å². The Hall–Kier alpha value is -0.610. The fourth-order valence-corrected chi connectivity index (χ4v) is 0.175. The van der Waals surface area contributed by atoms with Crippen molar-refractivity contribution in [2.24, 2.45) is 5.73 Å². The molecule has 0 saturated carbocycles. The van der Waals surface area contributed by atoms with Gasteiger partial charge in [-0.25, -0.2) is 0 Å². The van der Waals surface area contributed by atoms with Crippen molar-refractivity contribution in [2.45, 2.75) is 19.4 Å². The minimum Gasteiger partial charge on any atom is -0.480 e. The van der Waals surface area contributed by atoms with Crippen molar-refractivity contribution < 1.29 is 15.0 Å². The van der Waals surface area contributed by atoms with E-state index in [1.807, 2.05) is 0 Å². The summed E-state index contributed by atoms with van der Waals surface area (Å²) in [5.74, 6) is -0.928. The molecule has 0 aliphatic rings. The van der Waals surface area contributed by atoms with E-state index in [-0.39, 0.29) is 0 Å². The molecule has 0 spiro atoms. The molecule has 0 saturated heterocycles. The molecule has 4 N–H and O–H groups in total. The summed E-state index contributed by atoms with van der Waals surface area (Å²) >= 11 is 0. The standard InChI is InChI=1S/C4H9NO2.CH4O/c1-2-3(5)4(6)7;1-2/h3H,2,5H2,1H3,(H,6,7);2H,1H3. The van der Waals surface area contributed by atoms with Crippen molar-refractivity contribution >= 4 is 5.97 Å². The van der Waals surface area contributed by atoms with E-state index in [4.69, 9.17) is 15.9 Å². The Morgan fingerprint density at radius 3 is 2.00 bits per heavy atom. The average molecular weight is 135 g/mol. The first kappa shape index (κ1) is 11.2. The quantitative estimate of drug-likeness (QED) is 0.473. The van der Waals surface area contributed by atoms with Gasteiger partial charge >= 0.3 is 5.97 Å². The average Bonchev–Trinajstić information content (AvgIpc) is 1.91. The number of hydrogen-bond donors (Lipinski definition) is 3. The van der Waals surface area contributed by atoms with E-state index in [1.54, 1.807) is 6.92 Å². The summed E-state index contributed by atoms with van der Waals surface area (Å²) in [6.07, 6.45) is 0.495. The van der Waals surface area contributed by atoms with Crippen LogP contribution in [0, 0.1) is 0 Å². The molecule has 4 nitrogen and oxygen atoms in total. The summed E-state index contributed by atoms with van der Waals surface area (Å²) in [5.41, 5.74) is 5.02. The number of carboxylic acid groups (broad SMARTS) is 1. The Labute approximate surface area is 54.3 Å². The second-order valence-corrected chi connectivity index (χ2v) is 1.35. The van der Waals surface area contributed by atoms with Crippen LogP contribution < -0.4 is 5.73 Å². The molecule has 0 rings (SSSR count). The van der Waals surface area contributed by atoms with E-state index in [0.717, 1.165) is 7.11 Å². The molecule has 0 aliphatic carbocycles. The van der Waals surface area contributed by atoms with E-state index in [9.17, 15) is 4.79 Å². The lowest BCUT2D eigenvalue weighted by molar-refractivity contribution is -0.138. The van der Waals surface area contributed by atoms with Gasteiger partial charge in [0.15, 0.2) is 0 Å². The second kappa shape index (κ2) is 7.39. The summed E-state index contributed by atoms with van der Waals surface area (Å²) in [6, 6.07) is -0.681. The maximum absolute atomic E-state index is 9.81. The second-order valence-electron chi connectivity index (χ2n) is 1.35. The molecule has 0 fully saturated rings. The Balaban J connectivity index is 0. The topological polar surface area (TPSA) is 83.6 Å². The lowest BCUT2D eigenvalue weighted by Crippen LogP contribution is -2.28. The Morgan fingerprint density at radius 1 is 1.67 bits per heavy atom. The van der Waals surface area contributed by atoms with Crippen LogP contribution in [0.3, 0.4) is 0 Å². The number of carbonyl (C=O) groups is 1. The fourth-order valence-electron chi connectivity index (χ4n) is 0.175. The number of carboxylic acids is 1. The van der Waals surface area contributed by atoms with E-state index in [1.165, 1.54) is 0 Å². The molecule has 0 bridgehead atoms. The van der Waals surface area contributed by atoms with Gasteiger partial charge in [0.25, 0.3) is 0 Å². The van der Waals surface area contributed by atoms with Gasteiger partial charge in [-0.1, -0.05) is 6.92 Å². The minimum absolute atomic E-state index is 0.495. The maximum Gasteiger partial charge on any atom is 0.320 e. The zero-order valence-electron chi connectivity index (χ0n) is 5.66. The van der Waals surface area contributed by atoms with Crippen molar-refractivity contribution in [1.82, 2.24) is 0 Å². The molecule has 9 heavy (non-hydrogen) atoms. The molecule has 0 radical (unpaired) electrons. The minimum atomic E-state index is -0.928. The first-order chi connectivity index (χ1) is 4.18. The molecule has 0 aromatic rings. The van der Waals surface area contributed by atoms with Gasteiger partial charge < -0.3 is 15.9 Å². The van der Waals surface area contributed by atoms with Crippen LogP contribution in [0.25, 0.3) is 0 Å². The first-order valence-electron chi connectivity index (χ1n) is 2.61. The van der Waals surface area contributed by atoms with Crippen molar-refractivity contribution in [3.05, 3.63) is 0 Å². The van der Waals surface area contributed by atoms with Crippen LogP contribution in [-0.4, -0.2) is 29.3 Å². The summed E-state index contributed by atoms with van der Waals surface area (Å²) in [6.45, 7) is 1.73. The molecule has 0 aromatic carbocycles. The van der Waals surface area contributed by atoms with Gasteiger partial charge in [-0.3, -0.25) is 4.79 Å². The molecular formula is C5H13NO3. The van der Waals surface area contributed by atoms with Crippen LogP contribution in [0.4, 0.5) is 0 Å². The Morgan fingerprint density at radius 2 is 2.00 bits per heavy atom. The highest BCUT2D eigenvalue weighted by atomic mass is 16.4. The lowest BCUT2D eigenvalue weighted by atomic mass is 10.2. The van der Waals surface area contributed by atoms with Gasteiger partial charge in [0.05, 0.1) is 0 Å². The predicted octanol–water partition coefficient (Wildman–Crippen LogP) is -0.583. The molecule has 0 aromatic heterocycles. The molecule has 56 valence electrons. The number of aliphatic hydroxyl groups excluding tert-OH is 1.